The fourth-order valence-corrected chi connectivity index (χ4v) is 0.736. The lowest BCUT2D eigenvalue weighted by atomic mass is 10.4. The van der Waals surface area contributed by atoms with Crippen molar-refractivity contribution >= 4 is 17.9 Å². The van der Waals surface area contributed by atoms with Gasteiger partial charge in [-0.25, -0.2) is 0 Å². The third kappa shape index (κ3) is 53.0. The van der Waals surface area contributed by atoms with Gasteiger partial charge in [-0.05, 0) is 39.0 Å². The molecule has 0 aliphatic heterocycles. The molecule has 0 unspecified atom stereocenters. The molecule has 0 aliphatic rings. The molecule has 0 N–H and O–H groups in total. The van der Waals surface area contributed by atoms with Crippen LogP contribution in [0.3, 0.4) is 0 Å². The van der Waals surface area contributed by atoms with Gasteiger partial charge in [0.1, 0.15) is 0 Å². The number of allylic oxidation sites excluding steroid dienone is 9. The lowest BCUT2D eigenvalue weighted by Crippen LogP contribution is -2.18. The maximum atomic E-state index is 9.64. The van der Waals surface area contributed by atoms with Gasteiger partial charge in [-0.3, -0.25) is 0 Å². The highest BCUT2D eigenvalue weighted by molar-refractivity contribution is 5.78. The number of rotatable bonds is 6. The molecule has 0 rings (SSSR count). The third-order valence-corrected chi connectivity index (χ3v) is 1.61. The molecule has 0 atom stereocenters. The Balaban J connectivity index is -0.000000130. The van der Waals surface area contributed by atoms with Gasteiger partial charge in [0.25, 0.3) is 0 Å². The number of carboxylic acids is 3. The smallest absolute Gasteiger partial charge is 0.545 e. The van der Waals surface area contributed by atoms with Gasteiger partial charge >= 0.3 is 6.15 Å². The van der Waals surface area contributed by atoms with E-state index in [2.05, 4.69) is 0 Å². The van der Waals surface area contributed by atoms with E-state index in [0.717, 1.165) is 18.2 Å². The van der Waals surface area contributed by atoms with Crippen LogP contribution in [0.1, 0.15) is 20.8 Å². The number of carbonyl (C=O) groups is 3. The van der Waals surface area contributed by atoms with E-state index in [9.17, 15) is 29.7 Å². The van der Waals surface area contributed by atoms with Crippen LogP contribution in [0.25, 0.3) is 0 Å². The third-order valence-electron chi connectivity index (χ3n) is 1.61. The van der Waals surface area contributed by atoms with Crippen molar-refractivity contribution in [2.75, 3.05) is 0 Å². The maximum absolute atomic E-state index is 9.64. The van der Waals surface area contributed by atoms with E-state index in [1.807, 2.05) is 0 Å². The average molecular weight is 347 g/mol. The Kier molecular flexibility index (Phi) is 30.2. The molecule has 0 bridgehead atoms. The molecule has 0 spiro atoms. The Hall–Kier alpha value is -3.44. The van der Waals surface area contributed by atoms with Gasteiger partial charge in [-0.1, -0.05) is 54.7 Å². The van der Waals surface area contributed by atoms with Gasteiger partial charge < -0.3 is 29.7 Å². The number of carbonyl (C=O) groups excluding carboxylic acids is 3. The van der Waals surface area contributed by atoms with Crippen molar-refractivity contribution in [3.63, 3.8) is 0 Å². The van der Waals surface area contributed by atoms with Crippen LogP contribution in [0.4, 0.5) is 0 Å². The molecule has 7 heteroatoms. The van der Waals surface area contributed by atoms with Gasteiger partial charge in [-0.15, -0.1) is 0 Å². The van der Waals surface area contributed by atoms with E-state index in [1.54, 1.807) is 57.2 Å². The molecule has 25 heavy (non-hydrogen) atoms. The molecular formula is C18H21NO6. The quantitative estimate of drug-likeness (QED) is 0.450. The van der Waals surface area contributed by atoms with E-state index < -0.39 is 17.9 Å². The molecule has 0 aromatic rings. The summed E-state index contributed by atoms with van der Waals surface area (Å²) in [6.45, 7) is 5.42. The van der Waals surface area contributed by atoms with Crippen molar-refractivity contribution in [3.05, 3.63) is 72.9 Å². The van der Waals surface area contributed by atoms with Crippen molar-refractivity contribution in [1.82, 2.24) is 6.15 Å². The number of nitrogens with zero attached hydrogens (tertiary/aromatic N) is 1. The highest BCUT2D eigenvalue weighted by Crippen LogP contribution is 1.74. The molecule has 0 aromatic carbocycles. The second-order valence-electron chi connectivity index (χ2n) is 3.61. The molecule has 7 nitrogen and oxygen atoms in total. The first-order valence-corrected chi connectivity index (χ1v) is 6.82. The summed E-state index contributed by atoms with van der Waals surface area (Å²) in [6, 6.07) is 0. The Bertz CT molecular complexity index is 450. The van der Waals surface area contributed by atoms with E-state index in [1.165, 1.54) is 18.2 Å². The van der Waals surface area contributed by atoms with Gasteiger partial charge in [0.2, 0.25) is 0 Å². The van der Waals surface area contributed by atoms with Gasteiger partial charge in [0.05, 0.1) is 17.9 Å². The normalized spacial score (nSPS) is 10.7. The van der Waals surface area contributed by atoms with Gasteiger partial charge in [-0.2, -0.15) is 0 Å². The van der Waals surface area contributed by atoms with Crippen LogP contribution in [0, 0.1) is 0 Å². The lowest BCUT2D eigenvalue weighted by Gasteiger charge is -1.84. The first-order chi connectivity index (χ1) is 11.3. The molecule has 0 heterocycles. The van der Waals surface area contributed by atoms with E-state index >= 15 is 0 Å². The molecule has 0 aromatic heterocycles. The number of aliphatic carboxylic acids is 3. The van der Waals surface area contributed by atoms with Crippen molar-refractivity contribution in [2.24, 2.45) is 0 Å². The molecular weight excluding hydrogens is 326 g/mol. The van der Waals surface area contributed by atoms with Crippen LogP contribution in [0.15, 0.2) is 72.9 Å². The van der Waals surface area contributed by atoms with E-state index in [0.29, 0.717) is 0 Å². The zero-order valence-corrected chi connectivity index (χ0v) is 14.3. The first-order valence-electron chi connectivity index (χ1n) is 6.82. The molecule has 0 saturated heterocycles. The summed E-state index contributed by atoms with van der Waals surface area (Å²) in [7, 11) is 0. The highest BCUT2D eigenvalue weighted by Gasteiger charge is 3.00. The Morgan fingerprint density at radius 3 is 0.840 bits per heavy atom. The largest absolute Gasteiger partial charge is 3.00 e. The molecule has 134 valence electrons. The van der Waals surface area contributed by atoms with Crippen LogP contribution in [-0.2, 0) is 14.4 Å². The predicted octanol–water partition coefficient (Wildman–Crippen LogP) is -0.875. The van der Waals surface area contributed by atoms with Crippen LogP contribution < -0.4 is 21.5 Å². The Labute approximate surface area is 148 Å². The van der Waals surface area contributed by atoms with Gasteiger partial charge in [0, 0.05) is 0 Å². The predicted molar refractivity (Wildman–Crippen MR) is 89.0 cm³/mol. The minimum Gasteiger partial charge on any atom is -0.545 e. The topological polar surface area (TPSA) is 151 Å². The summed E-state index contributed by atoms with van der Waals surface area (Å²) in [4.78, 5) is 28.9. The van der Waals surface area contributed by atoms with Crippen molar-refractivity contribution in [2.45, 2.75) is 20.8 Å². The number of hydrogen-bond acceptors (Lipinski definition) is 6. The molecule has 0 amide bonds. The zero-order chi connectivity index (χ0) is 19.2. The fourth-order valence-electron chi connectivity index (χ4n) is 0.736. The van der Waals surface area contributed by atoms with E-state index in [4.69, 9.17) is 0 Å². The summed E-state index contributed by atoms with van der Waals surface area (Å²) < 4.78 is 0. The summed E-state index contributed by atoms with van der Waals surface area (Å²) in [6.07, 6.45) is 17.2. The second-order valence-corrected chi connectivity index (χ2v) is 3.61. The fraction of sp³-hybridized carbons (Fsp3) is 0.167. The molecule has 0 saturated carbocycles. The second kappa shape index (κ2) is 25.5. The van der Waals surface area contributed by atoms with E-state index in [-0.39, 0.29) is 6.15 Å². The lowest BCUT2D eigenvalue weighted by molar-refractivity contribution is -0.298. The monoisotopic (exact) mass is 347 g/mol. The first kappa shape index (κ1) is 29.6. The average Bonchev–Trinajstić information content (AvgIpc) is 2.48. The summed E-state index contributed by atoms with van der Waals surface area (Å²) in [5.74, 6) is -3.49. The Morgan fingerprint density at radius 1 is 0.520 bits per heavy atom. The Morgan fingerprint density at radius 2 is 0.720 bits per heavy atom. The summed E-state index contributed by atoms with van der Waals surface area (Å²) >= 11 is 0. The van der Waals surface area contributed by atoms with Crippen molar-refractivity contribution in [1.29, 1.82) is 0 Å². The highest BCUT2D eigenvalue weighted by atomic mass is 16.4. The molecule has 0 fully saturated rings. The molecule has 0 aliphatic carbocycles. The summed E-state index contributed by atoms with van der Waals surface area (Å²) in [5, 5.41) is 28.9. The van der Waals surface area contributed by atoms with Gasteiger partial charge in [0.15, 0.2) is 0 Å². The maximum Gasteiger partial charge on any atom is 3.00 e. The van der Waals surface area contributed by atoms with Crippen molar-refractivity contribution < 1.29 is 29.7 Å². The molecule has 2 radical (unpaired) electrons. The summed E-state index contributed by atoms with van der Waals surface area (Å²) in [5.41, 5.74) is 0. The van der Waals surface area contributed by atoms with Crippen molar-refractivity contribution in [3.8, 4) is 0 Å². The zero-order valence-electron chi connectivity index (χ0n) is 14.3. The minimum atomic E-state index is -1.16. The standard InChI is InChI=1S/3C6H8O2.N/c3*1-2-3-4-5-6(7)8;/h3*2-5H,1H3,(H,7,8);/q;;;+3/p-3. The van der Waals surface area contributed by atoms with Crippen LogP contribution in [0.5, 0.6) is 0 Å². The van der Waals surface area contributed by atoms with Crippen LogP contribution in [-0.4, -0.2) is 17.9 Å². The number of carboxylic acid groups (broad SMARTS) is 3. The number of hydrogen-bond donors (Lipinski definition) is 0. The van der Waals surface area contributed by atoms with Crippen LogP contribution in [0.2, 0.25) is 0 Å². The SMILES string of the molecule is CC=CC=CC(=O)[O-].CC=CC=CC(=O)[O-].CC=CC=CC(=O)[O-].[N+3]. The van der Waals surface area contributed by atoms with Crippen LogP contribution >= 0.6 is 0 Å². The minimum absolute atomic E-state index is 0.